The van der Waals surface area contributed by atoms with Gasteiger partial charge in [0.05, 0.1) is 0 Å². The Kier molecular flexibility index (Phi) is 8.54. The second kappa shape index (κ2) is 10.9. The lowest BCUT2D eigenvalue weighted by molar-refractivity contribution is 0.136. The monoisotopic (exact) mass is 407 g/mol. The van der Waals surface area contributed by atoms with Crippen LogP contribution in [0.3, 0.4) is 0 Å². The van der Waals surface area contributed by atoms with Crippen molar-refractivity contribution in [3.8, 4) is 11.5 Å². The molecule has 0 heterocycles. The van der Waals surface area contributed by atoms with E-state index in [4.69, 9.17) is 4.74 Å². The van der Waals surface area contributed by atoms with Gasteiger partial charge >= 0.3 is 6.09 Å². The van der Waals surface area contributed by atoms with Gasteiger partial charge in [0.25, 0.3) is 0 Å². The Morgan fingerprint density at radius 3 is 2.52 bits per heavy atom. The largest absolute Gasteiger partial charge is 0.445 e. The molecule has 0 aliphatic heterocycles. The summed E-state index contributed by atoms with van der Waals surface area (Å²) in [6, 6.07) is 16.4. The number of ether oxygens (including phenoxy) is 1. The SMILES string of the molecule is Cc1cc(C#C[Si](C)(C)C)cc(CCC[C@H](C)NC(=O)OCc2ccccc2)c1. The van der Waals surface area contributed by atoms with Crippen LogP contribution in [0.2, 0.25) is 19.6 Å². The Balaban J connectivity index is 1.77. The highest BCUT2D eigenvalue weighted by Crippen LogP contribution is 2.13. The maximum Gasteiger partial charge on any atom is 0.407 e. The third kappa shape index (κ3) is 9.49. The molecule has 0 spiro atoms. The van der Waals surface area contributed by atoms with Crippen molar-refractivity contribution in [1.82, 2.24) is 5.32 Å². The van der Waals surface area contributed by atoms with Gasteiger partial charge in [-0.2, -0.15) is 0 Å². The van der Waals surface area contributed by atoms with Crippen molar-refractivity contribution in [3.63, 3.8) is 0 Å². The fraction of sp³-hybridized carbons (Fsp3) is 0.400. The Morgan fingerprint density at radius 2 is 1.83 bits per heavy atom. The van der Waals surface area contributed by atoms with Gasteiger partial charge in [-0.05, 0) is 61.9 Å². The van der Waals surface area contributed by atoms with Crippen molar-refractivity contribution < 1.29 is 9.53 Å². The molecular weight excluding hydrogens is 374 g/mol. The number of aryl methyl sites for hydroxylation is 2. The van der Waals surface area contributed by atoms with Crippen molar-refractivity contribution >= 4 is 14.2 Å². The fourth-order valence-electron chi connectivity index (χ4n) is 2.99. The number of amides is 1. The minimum atomic E-state index is -1.37. The van der Waals surface area contributed by atoms with E-state index in [2.05, 4.69) is 61.5 Å². The van der Waals surface area contributed by atoms with E-state index in [1.54, 1.807) is 0 Å². The summed E-state index contributed by atoms with van der Waals surface area (Å²) in [7, 11) is -1.37. The van der Waals surface area contributed by atoms with E-state index in [0.29, 0.717) is 6.61 Å². The molecule has 29 heavy (non-hydrogen) atoms. The molecule has 154 valence electrons. The molecule has 1 amide bonds. The topological polar surface area (TPSA) is 38.3 Å². The van der Waals surface area contributed by atoms with Gasteiger partial charge in [0.1, 0.15) is 14.7 Å². The zero-order valence-electron chi connectivity index (χ0n) is 18.3. The molecule has 0 aliphatic rings. The Hall–Kier alpha value is -2.51. The Morgan fingerprint density at radius 1 is 1.10 bits per heavy atom. The third-order valence-corrected chi connectivity index (χ3v) is 5.27. The zero-order chi connectivity index (χ0) is 21.3. The van der Waals surface area contributed by atoms with Crippen molar-refractivity contribution in [2.45, 2.75) is 65.4 Å². The minimum absolute atomic E-state index is 0.0780. The molecule has 1 N–H and O–H groups in total. The Labute approximate surface area is 176 Å². The van der Waals surface area contributed by atoms with E-state index >= 15 is 0 Å². The first kappa shape index (κ1) is 22.8. The van der Waals surface area contributed by atoms with E-state index in [0.717, 1.165) is 30.4 Å². The van der Waals surface area contributed by atoms with Gasteiger partial charge in [0.15, 0.2) is 0 Å². The van der Waals surface area contributed by atoms with Crippen LogP contribution in [-0.2, 0) is 17.8 Å². The number of benzene rings is 2. The van der Waals surface area contributed by atoms with Crippen LogP contribution in [0, 0.1) is 18.4 Å². The first-order valence-electron chi connectivity index (χ1n) is 10.3. The maximum absolute atomic E-state index is 12.0. The molecule has 3 nitrogen and oxygen atoms in total. The highest BCUT2D eigenvalue weighted by Gasteiger charge is 2.09. The molecule has 0 saturated carbocycles. The summed E-state index contributed by atoms with van der Waals surface area (Å²) in [5.41, 5.74) is 8.09. The van der Waals surface area contributed by atoms with E-state index < -0.39 is 8.07 Å². The molecular formula is C25H33NO2Si. The van der Waals surface area contributed by atoms with Gasteiger partial charge in [0.2, 0.25) is 0 Å². The van der Waals surface area contributed by atoms with Gasteiger partial charge in [-0.1, -0.05) is 62.0 Å². The molecule has 2 aromatic rings. The van der Waals surface area contributed by atoms with E-state index in [1.165, 1.54) is 11.1 Å². The summed E-state index contributed by atoms with van der Waals surface area (Å²) in [5.74, 6) is 3.36. The zero-order valence-corrected chi connectivity index (χ0v) is 19.3. The number of hydrogen-bond acceptors (Lipinski definition) is 2. The van der Waals surface area contributed by atoms with Crippen LogP contribution in [0.5, 0.6) is 0 Å². The fourth-order valence-corrected chi connectivity index (χ4v) is 3.51. The molecule has 0 aliphatic carbocycles. The summed E-state index contributed by atoms with van der Waals surface area (Å²) in [6.07, 6.45) is 2.53. The second-order valence-electron chi connectivity index (χ2n) is 8.71. The normalized spacial score (nSPS) is 11.9. The number of alkyl carbamates (subject to hydrolysis) is 1. The van der Waals surface area contributed by atoms with Gasteiger partial charge in [-0.25, -0.2) is 4.79 Å². The van der Waals surface area contributed by atoms with Crippen molar-refractivity contribution in [1.29, 1.82) is 0 Å². The standard InChI is InChI=1S/C25H33NO2Si/c1-20-16-23(18-24(17-20)14-15-29(3,4)5)13-9-10-21(2)26-25(27)28-19-22-11-7-6-8-12-22/h6-8,11-12,16-18,21H,9-10,13,19H2,1-5H3,(H,26,27)/t21-/m0/s1. The third-order valence-electron chi connectivity index (χ3n) is 4.40. The summed E-state index contributed by atoms with van der Waals surface area (Å²) in [4.78, 5) is 12.0. The van der Waals surface area contributed by atoms with Crippen molar-refractivity contribution in [3.05, 3.63) is 70.8 Å². The molecule has 0 bridgehead atoms. The van der Waals surface area contributed by atoms with Crippen molar-refractivity contribution in [2.24, 2.45) is 0 Å². The smallest absolute Gasteiger partial charge is 0.407 e. The molecule has 4 heteroatoms. The maximum atomic E-state index is 12.0. The second-order valence-corrected chi connectivity index (χ2v) is 13.5. The molecule has 2 aromatic carbocycles. The highest BCUT2D eigenvalue weighted by molar-refractivity contribution is 6.83. The van der Waals surface area contributed by atoms with Crippen LogP contribution in [0.15, 0.2) is 48.5 Å². The average Bonchev–Trinajstić information content (AvgIpc) is 2.65. The number of nitrogens with one attached hydrogen (secondary N) is 1. The molecule has 0 fully saturated rings. The predicted molar refractivity (Wildman–Crippen MR) is 124 cm³/mol. The lowest BCUT2D eigenvalue weighted by Crippen LogP contribution is -2.33. The van der Waals surface area contributed by atoms with Gasteiger partial charge in [-0.15, -0.1) is 5.54 Å². The van der Waals surface area contributed by atoms with Crippen LogP contribution in [0.4, 0.5) is 4.79 Å². The van der Waals surface area contributed by atoms with Crippen LogP contribution in [0.25, 0.3) is 0 Å². The van der Waals surface area contributed by atoms with Gasteiger partial charge in [-0.3, -0.25) is 0 Å². The lowest BCUT2D eigenvalue weighted by Gasteiger charge is -2.14. The Bertz CT molecular complexity index is 860. The summed E-state index contributed by atoms with van der Waals surface area (Å²) in [6.45, 7) is 11.2. The molecule has 1 atom stereocenters. The molecule has 0 unspecified atom stereocenters. The number of hydrogen-bond donors (Lipinski definition) is 1. The summed E-state index contributed by atoms with van der Waals surface area (Å²) >= 11 is 0. The van der Waals surface area contributed by atoms with Crippen LogP contribution in [-0.4, -0.2) is 20.2 Å². The first-order chi connectivity index (χ1) is 13.7. The number of rotatable bonds is 7. The number of carbonyl (C=O) groups is 1. The van der Waals surface area contributed by atoms with E-state index in [9.17, 15) is 4.79 Å². The van der Waals surface area contributed by atoms with Crippen LogP contribution in [0.1, 0.15) is 42.0 Å². The van der Waals surface area contributed by atoms with E-state index in [-0.39, 0.29) is 12.1 Å². The van der Waals surface area contributed by atoms with Crippen molar-refractivity contribution in [2.75, 3.05) is 0 Å². The van der Waals surface area contributed by atoms with Crippen LogP contribution < -0.4 is 5.32 Å². The van der Waals surface area contributed by atoms with Gasteiger partial charge in [0, 0.05) is 11.6 Å². The number of carbonyl (C=O) groups excluding carboxylic acids is 1. The molecule has 0 radical (unpaired) electrons. The average molecular weight is 408 g/mol. The lowest BCUT2D eigenvalue weighted by atomic mass is 10.0. The predicted octanol–water partition coefficient (Wildman–Crippen LogP) is 5.86. The summed E-state index contributed by atoms with van der Waals surface area (Å²) in [5, 5.41) is 2.92. The minimum Gasteiger partial charge on any atom is -0.445 e. The quantitative estimate of drug-likeness (QED) is 0.461. The highest BCUT2D eigenvalue weighted by atomic mass is 28.3. The summed E-state index contributed by atoms with van der Waals surface area (Å²) < 4.78 is 5.29. The molecule has 2 rings (SSSR count). The van der Waals surface area contributed by atoms with Gasteiger partial charge < -0.3 is 10.1 Å². The first-order valence-corrected chi connectivity index (χ1v) is 13.8. The molecule has 0 saturated heterocycles. The van der Waals surface area contributed by atoms with Crippen LogP contribution >= 0.6 is 0 Å². The molecule has 0 aromatic heterocycles. The van der Waals surface area contributed by atoms with E-state index in [1.807, 2.05) is 37.3 Å².